The van der Waals surface area contributed by atoms with E-state index < -0.39 is 0 Å². The number of carbonyl (C=O) groups is 2. The first-order valence-corrected chi connectivity index (χ1v) is 8.21. The molecule has 0 aliphatic rings. The number of aromatic nitrogens is 2. The van der Waals surface area contributed by atoms with Gasteiger partial charge in [-0.2, -0.15) is 5.10 Å². The Labute approximate surface area is 146 Å². The molecule has 0 radical (unpaired) electrons. The Hall–Kier alpha value is -2.34. The lowest BCUT2D eigenvalue weighted by Gasteiger charge is -2.08. The molecule has 0 aliphatic heterocycles. The molecule has 24 heavy (non-hydrogen) atoms. The van der Waals surface area contributed by atoms with Crippen LogP contribution in [0.1, 0.15) is 41.6 Å². The van der Waals surface area contributed by atoms with Gasteiger partial charge < -0.3 is 10.6 Å². The summed E-state index contributed by atoms with van der Waals surface area (Å²) in [4.78, 5) is 24.6. The van der Waals surface area contributed by atoms with Crippen molar-refractivity contribution < 1.29 is 9.59 Å². The minimum absolute atomic E-state index is 0.208. The van der Waals surface area contributed by atoms with Gasteiger partial charge in [-0.1, -0.05) is 25.4 Å². The molecule has 1 aromatic heterocycles. The SMILES string of the molecule is CCn1cc(NC(=O)c2ccc(Cl)cc2)c(C(=O)NCC(C)C)n1. The van der Waals surface area contributed by atoms with Crippen LogP contribution in [-0.4, -0.2) is 28.1 Å². The van der Waals surface area contributed by atoms with Gasteiger partial charge in [0.1, 0.15) is 0 Å². The van der Waals surface area contributed by atoms with Crippen molar-refractivity contribution in [3.63, 3.8) is 0 Å². The molecule has 2 N–H and O–H groups in total. The van der Waals surface area contributed by atoms with Crippen molar-refractivity contribution in [2.45, 2.75) is 27.3 Å². The first-order valence-electron chi connectivity index (χ1n) is 7.83. The summed E-state index contributed by atoms with van der Waals surface area (Å²) in [6.45, 7) is 7.07. The predicted molar refractivity (Wildman–Crippen MR) is 94.5 cm³/mol. The van der Waals surface area contributed by atoms with Gasteiger partial charge in [-0.05, 0) is 37.1 Å². The highest BCUT2D eigenvalue weighted by Gasteiger charge is 2.19. The molecular weight excluding hydrogens is 328 g/mol. The molecule has 0 bridgehead atoms. The lowest BCUT2D eigenvalue weighted by Crippen LogP contribution is -2.28. The van der Waals surface area contributed by atoms with Crippen molar-refractivity contribution in [1.82, 2.24) is 15.1 Å². The highest BCUT2D eigenvalue weighted by molar-refractivity contribution is 6.30. The van der Waals surface area contributed by atoms with Gasteiger partial charge in [-0.3, -0.25) is 14.3 Å². The number of anilines is 1. The van der Waals surface area contributed by atoms with Crippen molar-refractivity contribution in [3.05, 3.63) is 46.7 Å². The minimum Gasteiger partial charge on any atom is -0.350 e. The Balaban J connectivity index is 2.19. The Morgan fingerprint density at radius 1 is 1.21 bits per heavy atom. The number of hydrogen-bond donors (Lipinski definition) is 2. The van der Waals surface area contributed by atoms with Gasteiger partial charge in [0, 0.05) is 29.9 Å². The summed E-state index contributed by atoms with van der Waals surface area (Å²) in [6.07, 6.45) is 1.65. The molecule has 2 amide bonds. The predicted octanol–water partition coefficient (Wildman–Crippen LogP) is 3.19. The Bertz CT molecular complexity index is 723. The number of aryl methyl sites for hydroxylation is 1. The second-order valence-electron chi connectivity index (χ2n) is 5.81. The number of nitrogens with one attached hydrogen (secondary N) is 2. The fourth-order valence-corrected chi connectivity index (χ4v) is 2.14. The summed E-state index contributed by atoms with van der Waals surface area (Å²) in [7, 11) is 0. The summed E-state index contributed by atoms with van der Waals surface area (Å²) < 4.78 is 1.61. The highest BCUT2D eigenvalue weighted by Crippen LogP contribution is 2.17. The third kappa shape index (κ3) is 4.58. The van der Waals surface area contributed by atoms with E-state index in [2.05, 4.69) is 15.7 Å². The number of rotatable bonds is 6. The van der Waals surface area contributed by atoms with Gasteiger partial charge in [-0.25, -0.2) is 0 Å². The monoisotopic (exact) mass is 348 g/mol. The summed E-state index contributed by atoms with van der Waals surface area (Å²) in [5, 5.41) is 10.3. The van der Waals surface area contributed by atoms with Crippen molar-refractivity contribution in [2.75, 3.05) is 11.9 Å². The van der Waals surface area contributed by atoms with E-state index in [-0.39, 0.29) is 17.5 Å². The van der Waals surface area contributed by atoms with E-state index in [1.54, 1.807) is 35.1 Å². The van der Waals surface area contributed by atoms with E-state index >= 15 is 0 Å². The van der Waals surface area contributed by atoms with Crippen molar-refractivity contribution in [1.29, 1.82) is 0 Å². The standard InChI is InChI=1S/C17H21ClN4O2/c1-4-22-10-14(15(21-22)17(24)19-9-11(2)3)20-16(23)12-5-7-13(18)8-6-12/h5-8,10-11H,4,9H2,1-3H3,(H,19,24)(H,20,23). The molecule has 0 unspecified atom stereocenters. The van der Waals surface area contributed by atoms with Gasteiger partial charge in [0.05, 0.1) is 5.69 Å². The first-order chi connectivity index (χ1) is 11.4. The van der Waals surface area contributed by atoms with Crippen LogP contribution in [0.5, 0.6) is 0 Å². The van der Waals surface area contributed by atoms with Crippen LogP contribution in [0.2, 0.25) is 5.02 Å². The number of amides is 2. The maximum absolute atomic E-state index is 12.3. The van der Waals surface area contributed by atoms with Crippen molar-refractivity contribution in [3.8, 4) is 0 Å². The number of carbonyl (C=O) groups excluding carboxylic acids is 2. The second kappa shape index (κ2) is 7.97. The normalized spacial score (nSPS) is 10.7. The van der Waals surface area contributed by atoms with Crippen LogP contribution < -0.4 is 10.6 Å². The van der Waals surface area contributed by atoms with Gasteiger partial charge in [0.15, 0.2) is 5.69 Å². The Kier molecular flexibility index (Phi) is 5.98. The first kappa shape index (κ1) is 18.0. The summed E-state index contributed by atoms with van der Waals surface area (Å²) in [6, 6.07) is 6.53. The lowest BCUT2D eigenvalue weighted by molar-refractivity contribution is 0.0944. The van der Waals surface area contributed by atoms with E-state index in [0.29, 0.717) is 35.3 Å². The van der Waals surface area contributed by atoms with Crippen LogP contribution in [0.3, 0.4) is 0 Å². The van der Waals surface area contributed by atoms with Gasteiger partial charge in [0.2, 0.25) is 0 Å². The molecule has 0 spiro atoms. The molecule has 6 nitrogen and oxygen atoms in total. The molecule has 0 saturated heterocycles. The number of halogens is 1. The summed E-state index contributed by atoms with van der Waals surface area (Å²) in [5.74, 6) is -0.295. The summed E-state index contributed by atoms with van der Waals surface area (Å²) in [5.41, 5.74) is 1.05. The van der Waals surface area contributed by atoms with Gasteiger partial charge >= 0.3 is 0 Å². The molecule has 2 rings (SSSR count). The van der Waals surface area contributed by atoms with Crippen molar-refractivity contribution >= 4 is 29.1 Å². The molecular formula is C17H21ClN4O2. The lowest BCUT2D eigenvalue weighted by atomic mass is 10.2. The second-order valence-corrected chi connectivity index (χ2v) is 6.25. The Morgan fingerprint density at radius 3 is 2.46 bits per heavy atom. The highest BCUT2D eigenvalue weighted by atomic mass is 35.5. The molecule has 128 valence electrons. The number of nitrogens with zero attached hydrogens (tertiary/aromatic N) is 2. The smallest absolute Gasteiger partial charge is 0.273 e. The zero-order valence-electron chi connectivity index (χ0n) is 14.0. The van der Waals surface area contributed by atoms with E-state index in [9.17, 15) is 9.59 Å². The molecule has 0 aliphatic carbocycles. The fourth-order valence-electron chi connectivity index (χ4n) is 2.02. The fraction of sp³-hybridized carbons (Fsp3) is 0.353. The van der Waals surface area contributed by atoms with E-state index in [1.807, 2.05) is 20.8 Å². The van der Waals surface area contributed by atoms with E-state index in [4.69, 9.17) is 11.6 Å². The van der Waals surface area contributed by atoms with Crippen LogP contribution in [0.15, 0.2) is 30.5 Å². The molecule has 7 heteroatoms. The molecule has 1 aromatic carbocycles. The quantitative estimate of drug-likeness (QED) is 0.841. The molecule has 0 saturated carbocycles. The maximum Gasteiger partial charge on any atom is 0.273 e. The zero-order valence-corrected chi connectivity index (χ0v) is 14.7. The zero-order chi connectivity index (χ0) is 17.7. The minimum atomic E-state index is -0.319. The van der Waals surface area contributed by atoms with Crippen LogP contribution in [0.25, 0.3) is 0 Å². The molecule has 0 fully saturated rings. The van der Waals surface area contributed by atoms with Crippen LogP contribution >= 0.6 is 11.6 Å². The number of benzene rings is 1. The average Bonchev–Trinajstić information content (AvgIpc) is 2.96. The van der Waals surface area contributed by atoms with Crippen LogP contribution in [-0.2, 0) is 6.54 Å². The van der Waals surface area contributed by atoms with Crippen LogP contribution in [0, 0.1) is 5.92 Å². The topological polar surface area (TPSA) is 76.0 Å². The third-order valence-corrected chi connectivity index (χ3v) is 3.58. The number of hydrogen-bond acceptors (Lipinski definition) is 3. The van der Waals surface area contributed by atoms with Crippen LogP contribution in [0.4, 0.5) is 5.69 Å². The molecule has 0 atom stereocenters. The van der Waals surface area contributed by atoms with Gasteiger partial charge in [0.25, 0.3) is 11.8 Å². The third-order valence-electron chi connectivity index (χ3n) is 3.33. The molecule has 2 aromatic rings. The average molecular weight is 349 g/mol. The Morgan fingerprint density at radius 2 is 1.88 bits per heavy atom. The maximum atomic E-state index is 12.3. The van der Waals surface area contributed by atoms with Gasteiger partial charge in [-0.15, -0.1) is 0 Å². The van der Waals surface area contributed by atoms with E-state index in [1.165, 1.54) is 0 Å². The van der Waals surface area contributed by atoms with E-state index in [0.717, 1.165) is 0 Å². The largest absolute Gasteiger partial charge is 0.350 e. The summed E-state index contributed by atoms with van der Waals surface area (Å²) >= 11 is 5.83. The van der Waals surface area contributed by atoms with Crippen molar-refractivity contribution in [2.24, 2.45) is 5.92 Å². The molecule has 1 heterocycles.